The highest BCUT2D eigenvalue weighted by Gasteiger charge is 2.47. The van der Waals surface area contributed by atoms with Gasteiger partial charge in [-0.1, -0.05) is 18.2 Å². The molecule has 8 heteroatoms. The van der Waals surface area contributed by atoms with Gasteiger partial charge in [-0.25, -0.2) is 0 Å². The van der Waals surface area contributed by atoms with Crippen molar-refractivity contribution in [2.75, 3.05) is 12.4 Å². The number of nitrogens with one attached hydrogen (secondary N) is 2. The average molecular weight is 311 g/mol. The topological polar surface area (TPSA) is 74.1 Å². The highest BCUT2D eigenvalue weighted by atomic mass is 19.4. The fourth-order valence-electron chi connectivity index (χ4n) is 2.42. The molecule has 0 saturated heterocycles. The van der Waals surface area contributed by atoms with Gasteiger partial charge in [0.2, 0.25) is 0 Å². The molecule has 3 rings (SSSR count). The van der Waals surface area contributed by atoms with Crippen LogP contribution in [0.15, 0.2) is 34.9 Å². The van der Waals surface area contributed by atoms with Crippen molar-refractivity contribution in [3.05, 3.63) is 41.8 Å². The Hall–Kier alpha value is -2.64. The number of anilines is 1. The number of aromatic hydroxyl groups is 1. The number of benzene rings is 1. The van der Waals surface area contributed by atoms with Crippen LogP contribution in [0.1, 0.15) is 17.2 Å². The molecule has 2 aromatic heterocycles. The van der Waals surface area contributed by atoms with E-state index in [1.54, 1.807) is 24.3 Å². The molecule has 0 fully saturated rings. The fraction of sp³-hybridized carbons (Fsp3) is 0.214. The lowest BCUT2D eigenvalue weighted by Gasteiger charge is -2.17. The Morgan fingerprint density at radius 2 is 2.05 bits per heavy atom. The van der Waals surface area contributed by atoms with Gasteiger partial charge in [0.1, 0.15) is 5.92 Å². The highest BCUT2D eigenvalue weighted by molar-refractivity contribution is 5.84. The van der Waals surface area contributed by atoms with Gasteiger partial charge in [0, 0.05) is 24.1 Å². The van der Waals surface area contributed by atoms with Crippen LogP contribution in [-0.2, 0) is 0 Å². The molecule has 0 radical (unpaired) electrons. The quantitative estimate of drug-likeness (QED) is 0.691. The normalized spacial score (nSPS) is 13.5. The van der Waals surface area contributed by atoms with Gasteiger partial charge >= 0.3 is 6.18 Å². The molecule has 0 aliphatic heterocycles. The summed E-state index contributed by atoms with van der Waals surface area (Å²) in [4.78, 5) is 6.31. The van der Waals surface area contributed by atoms with Crippen LogP contribution in [0.3, 0.4) is 0 Å². The molecule has 0 spiro atoms. The van der Waals surface area contributed by atoms with Gasteiger partial charge in [-0.3, -0.25) is 0 Å². The van der Waals surface area contributed by atoms with E-state index in [1.807, 2.05) is 0 Å². The number of para-hydroxylation sites is 1. The lowest BCUT2D eigenvalue weighted by atomic mass is 9.95. The summed E-state index contributed by atoms with van der Waals surface area (Å²) in [7, 11) is 1.43. The Kier molecular flexibility index (Phi) is 3.23. The Morgan fingerprint density at radius 3 is 2.68 bits per heavy atom. The number of nitrogens with zero attached hydrogens (tertiary/aromatic N) is 1. The summed E-state index contributed by atoms with van der Waals surface area (Å²) in [6.07, 6.45) is -3.38. The van der Waals surface area contributed by atoms with Crippen molar-refractivity contribution in [3.8, 4) is 5.88 Å². The molecule has 116 valence electrons. The van der Waals surface area contributed by atoms with E-state index in [9.17, 15) is 18.3 Å². The molecule has 1 unspecified atom stereocenters. The number of halogens is 3. The van der Waals surface area contributed by atoms with Crippen LogP contribution in [0.25, 0.3) is 10.9 Å². The number of H-pyrrole nitrogens is 1. The van der Waals surface area contributed by atoms with E-state index >= 15 is 0 Å². The summed E-state index contributed by atoms with van der Waals surface area (Å²) in [6.45, 7) is 0. The Labute approximate surface area is 122 Å². The minimum atomic E-state index is -4.65. The molecule has 0 saturated carbocycles. The standard InChI is InChI=1S/C14H12F3N3O2/c1-18-13-20-12(21)11(22-13)10(14(15,16)17)8-6-19-9-5-3-2-4-7(8)9/h2-6,10,19,21H,1H3,(H,18,20). The first-order chi connectivity index (χ1) is 10.4. The summed E-state index contributed by atoms with van der Waals surface area (Å²) >= 11 is 0. The summed E-state index contributed by atoms with van der Waals surface area (Å²) in [6, 6.07) is 6.43. The number of rotatable bonds is 3. The third kappa shape index (κ3) is 2.26. The van der Waals surface area contributed by atoms with Gasteiger partial charge in [-0.15, -0.1) is 0 Å². The maximum absolute atomic E-state index is 13.6. The number of oxazole rings is 1. The van der Waals surface area contributed by atoms with Crippen molar-refractivity contribution < 1.29 is 22.7 Å². The van der Waals surface area contributed by atoms with Crippen molar-refractivity contribution in [2.45, 2.75) is 12.1 Å². The molecular weight excluding hydrogens is 299 g/mol. The summed E-state index contributed by atoms with van der Waals surface area (Å²) in [5, 5.41) is 12.6. The molecule has 1 aromatic carbocycles. The molecule has 1 atom stereocenters. The van der Waals surface area contributed by atoms with Gasteiger partial charge < -0.3 is 19.8 Å². The zero-order chi connectivity index (χ0) is 15.9. The second-order valence-corrected chi connectivity index (χ2v) is 4.72. The maximum Gasteiger partial charge on any atom is 0.403 e. The number of hydrogen-bond donors (Lipinski definition) is 3. The van der Waals surface area contributed by atoms with Crippen molar-refractivity contribution in [1.29, 1.82) is 0 Å². The van der Waals surface area contributed by atoms with E-state index in [2.05, 4.69) is 15.3 Å². The van der Waals surface area contributed by atoms with E-state index < -0.39 is 23.7 Å². The predicted octanol–water partition coefficient (Wildman–Crippen LogP) is 3.60. The van der Waals surface area contributed by atoms with Crippen LogP contribution >= 0.6 is 0 Å². The van der Waals surface area contributed by atoms with E-state index in [4.69, 9.17) is 4.42 Å². The zero-order valence-corrected chi connectivity index (χ0v) is 11.4. The molecule has 0 aliphatic rings. The van der Waals surface area contributed by atoms with Crippen LogP contribution in [0.2, 0.25) is 0 Å². The molecule has 0 bridgehead atoms. The number of alkyl halides is 3. The minimum Gasteiger partial charge on any atom is -0.491 e. The molecule has 22 heavy (non-hydrogen) atoms. The first-order valence-corrected chi connectivity index (χ1v) is 6.42. The van der Waals surface area contributed by atoms with E-state index in [-0.39, 0.29) is 11.6 Å². The monoisotopic (exact) mass is 311 g/mol. The largest absolute Gasteiger partial charge is 0.491 e. The Balaban J connectivity index is 2.21. The van der Waals surface area contributed by atoms with Gasteiger partial charge in [0.15, 0.2) is 5.76 Å². The first kappa shape index (κ1) is 14.3. The van der Waals surface area contributed by atoms with Gasteiger partial charge in [0.05, 0.1) is 0 Å². The van der Waals surface area contributed by atoms with E-state index in [0.29, 0.717) is 10.9 Å². The van der Waals surface area contributed by atoms with Gasteiger partial charge in [-0.2, -0.15) is 18.2 Å². The second kappa shape index (κ2) is 4.97. The van der Waals surface area contributed by atoms with Crippen molar-refractivity contribution in [3.63, 3.8) is 0 Å². The molecular formula is C14H12F3N3O2. The predicted molar refractivity (Wildman–Crippen MR) is 73.9 cm³/mol. The summed E-state index contributed by atoms with van der Waals surface area (Å²) < 4.78 is 45.7. The Morgan fingerprint density at radius 1 is 1.32 bits per heavy atom. The molecule has 3 N–H and O–H groups in total. The van der Waals surface area contributed by atoms with Crippen LogP contribution in [0.4, 0.5) is 19.2 Å². The average Bonchev–Trinajstić information content (AvgIpc) is 3.03. The molecule has 0 amide bonds. The lowest BCUT2D eigenvalue weighted by Crippen LogP contribution is -2.21. The molecule has 2 heterocycles. The molecule has 3 aromatic rings. The Bertz CT molecular complexity index is 807. The number of fused-ring (bicyclic) bond motifs is 1. The molecule has 5 nitrogen and oxygen atoms in total. The van der Waals surface area contributed by atoms with Crippen LogP contribution in [0, 0.1) is 0 Å². The third-order valence-corrected chi connectivity index (χ3v) is 3.37. The van der Waals surface area contributed by atoms with Crippen molar-refractivity contribution >= 4 is 16.9 Å². The third-order valence-electron chi connectivity index (χ3n) is 3.37. The second-order valence-electron chi connectivity index (χ2n) is 4.72. The highest BCUT2D eigenvalue weighted by Crippen LogP contribution is 2.46. The number of hydrogen-bond acceptors (Lipinski definition) is 4. The minimum absolute atomic E-state index is 0.0304. The van der Waals surface area contributed by atoms with Crippen LogP contribution in [0.5, 0.6) is 5.88 Å². The van der Waals surface area contributed by atoms with Crippen LogP contribution in [-0.4, -0.2) is 28.3 Å². The first-order valence-electron chi connectivity index (χ1n) is 6.42. The maximum atomic E-state index is 13.6. The van der Waals surface area contributed by atoms with E-state index in [1.165, 1.54) is 13.2 Å². The summed E-state index contributed by atoms with van der Waals surface area (Å²) in [5.41, 5.74) is 0.539. The summed E-state index contributed by atoms with van der Waals surface area (Å²) in [5.74, 6) is -3.53. The van der Waals surface area contributed by atoms with Crippen molar-refractivity contribution in [2.24, 2.45) is 0 Å². The van der Waals surface area contributed by atoms with Gasteiger partial charge in [0.25, 0.3) is 11.9 Å². The smallest absolute Gasteiger partial charge is 0.403 e. The number of aromatic nitrogens is 2. The van der Waals surface area contributed by atoms with Gasteiger partial charge in [-0.05, 0) is 11.6 Å². The van der Waals surface area contributed by atoms with E-state index in [0.717, 1.165) is 0 Å². The zero-order valence-electron chi connectivity index (χ0n) is 11.4. The number of aromatic amines is 1. The van der Waals surface area contributed by atoms with Crippen LogP contribution < -0.4 is 5.32 Å². The van der Waals surface area contributed by atoms with Crippen molar-refractivity contribution in [1.82, 2.24) is 9.97 Å². The lowest BCUT2D eigenvalue weighted by molar-refractivity contribution is -0.144. The SMILES string of the molecule is CNc1nc(O)c(C(c2c[nH]c3ccccc23)C(F)(F)F)o1. The molecule has 0 aliphatic carbocycles. The fourth-order valence-corrected chi connectivity index (χ4v) is 2.42.